The van der Waals surface area contributed by atoms with Gasteiger partial charge in [0, 0.05) is 16.5 Å². The highest BCUT2D eigenvalue weighted by Gasteiger charge is 2.60. The van der Waals surface area contributed by atoms with Crippen molar-refractivity contribution < 1.29 is 0 Å². The van der Waals surface area contributed by atoms with E-state index in [0.29, 0.717) is 4.75 Å². The summed E-state index contributed by atoms with van der Waals surface area (Å²) in [5.74, 6) is 0. The first-order valence-corrected chi connectivity index (χ1v) is 7.02. The van der Waals surface area contributed by atoms with E-state index < -0.39 is 0 Å². The molecule has 0 amide bonds. The molecule has 2 N–H and O–H groups in total. The fourth-order valence-electron chi connectivity index (χ4n) is 3.48. The lowest BCUT2D eigenvalue weighted by Gasteiger charge is -2.49. The largest absolute Gasteiger partial charge is 0.329 e. The molecule has 80 valence electrons. The first-order valence-electron chi connectivity index (χ1n) is 6.14. The van der Waals surface area contributed by atoms with Crippen molar-refractivity contribution in [2.45, 2.75) is 61.4 Å². The van der Waals surface area contributed by atoms with Crippen molar-refractivity contribution in [3.05, 3.63) is 0 Å². The molecule has 3 aliphatic rings. The average molecular weight is 211 g/mol. The van der Waals surface area contributed by atoms with Gasteiger partial charge in [0.05, 0.1) is 0 Å². The van der Waals surface area contributed by atoms with Gasteiger partial charge < -0.3 is 5.73 Å². The normalized spacial score (nSPS) is 33.2. The van der Waals surface area contributed by atoms with Gasteiger partial charge in [-0.05, 0) is 43.9 Å². The summed E-state index contributed by atoms with van der Waals surface area (Å²) >= 11 is 2.26. The maximum atomic E-state index is 5.97. The second-order valence-electron chi connectivity index (χ2n) is 5.77. The summed E-state index contributed by atoms with van der Waals surface area (Å²) in [7, 11) is 0. The van der Waals surface area contributed by atoms with E-state index in [1.54, 1.807) is 0 Å². The van der Waals surface area contributed by atoms with E-state index in [1.807, 2.05) is 0 Å². The van der Waals surface area contributed by atoms with E-state index in [-0.39, 0.29) is 0 Å². The molecule has 3 aliphatic carbocycles. The molecule has 0 aromatic rings. The van der Waals surface area contributed by atoms with Gasteiger partial charge >= 0.3 is 0 Å². The van der Waals surface area contributed by atoms with E-state index in [9.17, 15) is 0 Å². The Balaban J connectivity index is 1.58. The van der Waals surface area contributed by atoms with Crippen LogP contribution in [-0.2, 0) is 0 Å². The average Bonchev–Trinajstić information content (AvgIpc) is 2.73. The zero-order valence-electron chi connectivity index (χ0n) is 8.93. The lowest BCUT2D eigenvalue weighted by Crippen LogP contribution is -2.49. The number of hydrogen-bond donors (Lipinski definition) is 1. The topological polar surface area (TPSA) is 26.0 Å². The predicted molar refractivity (Wildman–Crippen MR) is 62.5 cm³/mol. The first kappa shape index (κ1) is 9.53. The summed E-state index contributed by atoms with van der Waals surface area (Å²) in [6, 6.07) is 0. The molecule has 0 heterocycles. The Kier molecular flexibility index (Phi) is 2.14. The van der Waals surface area contributed by atoms with Crippen molar-refractivity contribution in [3.8, 4) is 0 Å². The van der Waals surface area contributed by atoms with Crippen molar-refractivity contribution in [3.63, 3.8) is 0 Å². The Labute approximate surface area is 91.2 Å². The van der Waals surface area contributed by atoms with E-state index in [1.165, 1.54) is 51.4 Å². The molecular weight excluding hydrogens is 190 g/mol. The molecular formula is C12H21NS. The van der Waals surface area contributed by atoms with Gasteiger partial charge in [0.2, 0.25) is 0 Å². The number of thioether (sulfide) groups is 1. The highest BCUT2D eigenvalue weighted by atomic mass is 32.2. The SMILES string of the molecule is NCC1(SC2CCCC2)CC2(CC2)C1. The minimum atomic E-state index is 0.519. The number of rotatable bonds is 3. The van der Waals surface area contributed by atoms with Crippen molar-refractivity contribution in [2.24, 2.45) is 11.1 Å². The van der Waals surface area contributed by atoms with Gasteiger partial charge in [-0.2, -0.15) is 11.8 Å². The Morgan fingerprint density at radius 1 is 1.14 bits per heavy atom. The van der Waals surface area contributed by atoms with Gasteiger partial charge in [-0.3, -0.25) is 0 Å². The lowest BCUT2D eigenvalue weighted by atomic mass is 9.71. The summed E-state index contributed by atoms with van der Waals surface area (Å²) < 4.78 is 0.519. The van der Waals surface area contributed by atoms with Crippen LogP contribution in [0.15, 0.2) is 0 Å². The zero-order valence-corrected chi connectivity index (χ0v) is 9.74. The molecule has 0 radical (unpaired) electrons. The second-order valence-corrected chi connectivity index (χ2v) is 7.53. The molecule has 0 aliphatic heterocycles. The van der Waals surface area contributed by atoms with Crippen molar-refractivity contribution in [1.82, 2.24) is 0 Å². The van der Waals surface area contributed by atoms with Crippen LogP contribution in [0.3, 0.4) is 0 Å². The molecule has 0 aromatic carbocycles. The van der Waals surface area contributed by atoms with E-state index in [2.05, 4.69) is 11.8 Å². The van der Waals surface area contributed by atoms with Crippen LogP contribution in [0.1, 0.15) is 51.4 Å². The number of nitrogens with two attached hydrogens (primary N) is 1. The zero-order chi connectivity index (χ0) is 9.65. The van der Waals surface area contributed by atoms with Crippen molar-refractivity contribution in [1.29, 1.82) is 0 Å². The molecule has 14 heavy (non-hydrogen) atoms. The van der Waals surface area contributed by atoms with Crippen molar-refractivity contribution in [2.75, 3.05) is 6.54 Å². The van der Waals surface area contributed by atoms with Crippen LogP contribution in [0.2, 0.25) is 0 Å². The minimum absolute atomic E-state index is 0.519. The molecule has 0 saturated heterocycles. The third kappa shape index (κ3) is 1.51. The van der Waals surface area contributed by atoms with Crippen LogP contribution in [-0.4, -0.2) is 16.5 Å². The molecule has 3 rings (SSSR count). The van der Waals surface area contributed by atoms with E-state index >= 15 is 0 Å². The van der Waals surface area contributed by atoms with Crippen LogP contribution in [0.4, 0.5) is 0 Å². The smallest absolute Gasteiger partial charge is 0.0295 e. The molecule has 0 bridgehead atoms. The van der Waals surface area contributed by atoms with E-state index in [4.69, 9.17) is 5.73 Å². The summed E-state index contributed by atoms with van der Waals surface area (Å²) in [6.07, 6.45) is 11.7. The lowest BCUT2D eigenvalue weighted by molar-refractivity contribution is 0.209. The fourth-order valence-corrected chi connectivity index (χ4v) is 5.63. The van der Waals surface area contributed by atoms with Crippen LogP contribution >= 0.6 is 11.8 Å². The van der Waals surface area contributed by atoms with Gasteiger partial charge in [-0.1, -0.05) is 12.8 Å². The van der Waals surface area contributed by atoms with Gasteiger partial charge in [0.15, 0.2) is 0 Å². The summed E-state index contributed by atoms with van der Waals surface area (Å²) in [5, 5.41) is 0.953. The minimum Gasteiger partial charge on any atom is -0.329 e. The Morgan fingerprint density at radius 2 is 1.79 bits per heavy atom. The van der Waals surface area contributed by atoms with Gasteiger partial charge in [-0.25, -0.2) is 0 Å². The van der Waals surface area contributed by atoms with Crippen molar-refractivity contribution >= 4 is 11.8 Å². The Hall–Kier alpha value is 0.310. The van der Waals surface area contributed by atoms with Crippen LogP contribution in [0, 0.1) is 5.41 Å². The maximum Gasteiger partial charge on any atom is 0.0295 e. The van der Waals surface area contributed by atoms with Gasteiger partial charge in [-0.15, -0.1) is 0 Å². The summed E-state index contributed by atoms with van der Waals surface area (Å²) in [6.45, 7) is 0.927. The Morgan fingerprint density at radius 3 is 2.29 bits per heavy atom. The van der Waals surface area contributed by atoms with Gasteiger partial charge in [0.25, 0.3) is 0 Å². The second kappa shape index (κ2) is 3.15. The maximum absolute atomic E-state index is 5.97. The third-order valence-corrected chi connectivity index (χ3v) is 6.20. The standard InChI is InChI=1S/C12H21NS/c13-9-12(7-11(8-12)5-6-11)14-10-3-1-2-4-10/h10H,1-9,13H2. The van der Waals surface area contributed by atoms with Crippen LogP contribution in [0.25, 0.3) is 0 Å². The summed E-state index contributed by atoms with van der Waals surface area (Å²) in [5.41, 5.74) is 6.79. The number of hydrogen-bond acceptors (Lipinski definition) is 2. The predicted octanol–water partition coefficient (Wildman–Crippen LogP) is 2.93. The quantitative estimate of drug-likeness (QED) is 0.777. The highest BCUT2D eigenvalue weighted by molar-refractivity contribution is 8.01. The van der Waals surface area contributed by atoms with Gasteiger partial charge in [0.1, 0.15) is 0 Å². The molecule has 3 fully saturated rings. The molecule has 3 saturated carbocycles. The molecule has 0 aromatic heterocycles. The molecule has 0 atom stereocenters. The Bertz CT molecular complexity index is 220. The van der Waals surface area contributed by atoms with Crippen LogP contribution < -0.4 is 5.73 Å². The summed E-state index contributed by atoms with van der Waals surface area (Å²) in [4.78, 5) is 0. The monoisotopic (exact) mass is 211 g/mol. The fraction of sp³-hybridized carbons (Fsp3) is 1.00. The third-order valence-electron chi connectivity index (χ3n) is 4.44. The van der Waals surface area contributed by atoms with E-state index in [0.717, 1.165) is 17.2 Å². The molecule has 1 spiro atoms. The molecule has 2 heteroatoms. The molecule has 1 nitrogen and oxygen atoms in total. The molecule has 0 unspecified atom stereocenters. The first-order chi connectivity index (χ1) is 6.76. The highest BCUT2D eigenvalue weighted by Crippen LogP contribution is 2.69. The van der Waals surface area contributed by atoms with Crippen LogP contribution in [0.5, 0.6) is 0 Å².